The lowest BCUT2D eigenvalue weighted by Crippen LogP contribution is -2.60. The predicted octanol–water partition coefficient (Wildman–Crippen LogP) is 0.273. The first-order valence-electron chi connectivity index (χ1n) is 7.56. The van der Waals surface area contributed by atoms with Gasteiger partial charge in [-0.2, -0.15) is 0 Å². The fourth-order valence-electron chi connectivity index (χ4n) is 3.20. The molecule has 2 aliphatic heterocycles. The molecule has 22 heavy (non-hydrogen) atoms. The van der Waals surface area contributed by atoms with Crippen molar-refractivity contribution in [3.05, 3.63) is 29.8 Å². The molecule has 3 rings (SSSR count). The molecule has 0 saturated carbocycles. The Bertz CT molecular complexity index is 590. The molecule has 6 nitrogen and oxygen atoms in total. The number of carbonyl (C=O) groups excluding carboxylic acids is 2. The van der Waals surface area contributed by atoms with Crippen molar-refractivity contribution in [3.8, 4) is 5.75 Å². The SMILES string of the molecule is COc1ccccc1CN[C@H]1C[C@H]2C(=O)N[C@@H](C)C(=O)N2C1. The van der Waals surface area contributed by atoms with Crippen LogP contribution in [-0.4, -0.2) is 48.5 Å². The third-order valence-electron chi connectivity index (χ3n) is 4.39. The standard InChI is InChI=1S/C16H21N3O3/c1-10-16(21)19-9-12(7-13(19)15(20)18-10)17-8-11-5-3-4-6-14(11)22-2/h3-6,10,12-13,17H,7-9H2,1-2H3,(H,18,20)/t10-,12-,13-/m0/s1. The average molecular weight is 303 g/mol. The first-order valence-corrected chi connectivity index (χ1v) is 7.56. The summed E-state index contributed by atoms with van der Waals surface area (Å²) in [5, 5.41) is 6.17. The van der Waals surface area contributed by atoms with Gasteiger partial charge in [-0.05, 0) is 19.4 Å². The summed E-state index contributed by atoms with van der Waals surface area (Å²) in [5.41, 5.74) is 1.07. The molecule has 2 N–H and O–H groups in total. The number of carbonyl (C=O) groups is 2. The van der Waals surface area contributed by atoms with E-state index in [0.29, 0.717) is 19.5 Å². The van der Waals surface area contributed by atoms with Crippen LogP contribution in [-0.2, 0) is 16.1 Å². The largest absolute Gasteiger partial charge is 0.496 e. The van der Waals surface area contributed by atoms with Crippen molar-refractivity contribution < 1.29 is 14.3 Å². The highest BCUT2D eigenvalue weighted by Crippen LogP contribution is 2.24. The fourth-order valence-corrected chi connectivity index (χ4v) is 3.20. The number of benzene rings is 1. The summed E-state index contributed by atoms with van der Waals surface area (Å²) in [7, 11) is 1.65. The maximum absolute atomic E-state index is 12.1. The molecule has 1 aromatic rings. The Morgan fingerprint density at radius 3 is 2.91 bits per heavy atom. The molecular formula is C16H21N3O3. The van der Waals surface area contributed by atoms with Crippen molar-refractivity contribution in [1.82, 2.24) is 15.5 Å². The number of piperazine rings is 1. The van der Waals surface area contributed by atoms with Gasteiger partial charge in [0.2, 0.25) is 11.8 Å². The minimum absolute atomic E-state index is 0.00573. The normalized spacial score (nSPS) is 27.5. The topological polar surface area (TPSA) is 70.7 Å². The Morgan fingerprint density at radius 1 is 1.36 bits per heavy atom. The number of rotatable bonds is 4. The highest BCUT2D eigenvalue weighted by molar-refractivity contribution is 5.97. The van der Waals surface area contributed by atoms with Gasteiger partial charge in [0.25, 0.3) is 0 Å². The van der Waals surface area contributed by atoms with E-state index in [-0.39, 0.29) is 23.9 Å². The number of amides is 2. The molecule has 0 radical (unpaired) electrons. The van der Waals surface area contributed by atoms with Gasteiger partial charge in [-0.25, -0.2) is 0 Å². The zero-order chi connectivity index (χ0) is 15.7. The zero-order valence-electron chi connectivity index (χ0n) is 12.8. The van der Waals surface area contributed by atoms with E-state index in [9.17, 15) is 9.59 Å². The average Bonchev–Trinajstić information content (AvgIpc) is 2.96. The van der Waals surface area contributed by atoms with Gasteiger partial charge in [0, 0.05) is 24.7 Å². The van der Waals surface area contributed by atoms with Crippen LogP contribution < -0.4 is 15.4 Å². The minimum atomic E-state index is -0.420. The van der Waals surface area contributed by atoms with Crippen molar-refractivity contribution >= 4 is 11.8 Å². The lowest BCUT2D eigenvalue weighted by molar-refractivity contribution is -0.146. The van der Waals surface area contributed by atoms with Crippen LogP contribution in [0.4, 0.5) is 0 Å². The molecule has 2 heterocycles. The second-order valence-corrected chi connectivity index (χ2v) is 5.86. The van der Waals surface area contributed by atoms with E-state index in [1.54, 1.807) is 18.9 Å². The Labute approximate surface area is 129 Å². The number of nitrogens with one attached hydrogen (secondary N) is 2. The Balaban J connectivity index is 1.63. The number of fused-ring (bicyclic) bond motifs is 1. The van der Waals surface area contributed by atoms with Crippen LogP contribution >= 0.6 is 0 Å². The third-order valence-corrected chi connectivity index (χ3v) is 4.39. The predicted molar refractivity (Wildman–Crippen MR) is 81.3 cm³/mol. The molecule has 6 heteroatoms. The molecule has 1 aromatic carbocycles. The van der Waals surface area contributed by atoms with E-state index in [2.05, 4.69) is 10.6 Å². The van der Waals surface area contributed by atoms with Crippen LogP contribution in [0.25, 0.3) is 0 Å². The van der Waals surface area contributed by atoms with E-state index >= 15 is 0 Å². The summed E-state index contributed by atoms with van der Waals surface area (Å²) >= 11 is 0. The molecule has 0 aromatic heterocycles. The lowest BCUT2D eigenvalue weighted by Gasteiger charge is -2.32. The van der Waals surface area contributed by atoms with Crippen LogP contribution in [0.2, 0.25) is 0 Å². The monoisotopic (exact) mass is 303 g/mol. The van der Waals surface area contributed by atoms with Gasteiger partial charge in [0.05, 0.1) is 7.11 Å². The minimum Gasteiger partial charge on any atom is -0.496 e. The van der Waals surface area contributed by atoms with Crippen LogP contribution in [0.3, 0.4) is 0 Å². The van der Waals surface area contributed by atoms with Crippen molar-refractivity contribution in [3.63, 3.8) is 0 Å². The lowest BCUT2D eigenvalue weighted by atomic mass is 10.1. The van der Waals surface area contributed by atoms with Crippen LogP contribution in [0.5, 0.6) is 5.75 Å². The molecule has 0 aliphatic carbocycles. The Hall–Kier alpha value is -2.08. The highest BCUT2D eigenvalue weighted by atomic mass is 16.5. The number of para-hydroxylation sites is 1. The Kier molecular flexibility index (Phi) is 4.02. The van der Waals surface area contributed by atoms with E-state index in [1.807, 2.05) is 24.3 Å². The van der Waals surface area contributed by atoms with E-state index in [0.717, 1.165) is 11.3 Å². The van der Waals surface area contributed by atoms with Crippen molar-refractivity contribution in [2.75, 3.05) is 13.7 Å². The van der Waals surface area contributed by atoms with Gasteiger partial charge in [-0.3, -0.25) is 9.59 Å². The van der Waals surface area contributed by atoms with Gasteiger partial charge < -0.3 is 20.3 Å². The number of nitrogens with zero attached hydrogens (tertiary/aromatic N) is 1. The van der Waals surface area contributed by atoms with Gasteiger partial charge in [-0.15, -0.1) is 0 Å². The number of hydrogen-bond acceptors (Lipinski definition) is 4. The number of hydrogen-bond donors (Lipinski definition) is 2. The summed E-state index contributed by atoms with van der Waals surface area (Å²) in [5.74, 6) is 0.799. The Morgan fingerprint density at radius 2 is 2.14 bits per heavy atom. The summed E-state index contributed by atoms with van der Waals surface area (Å²) < 4.78 is 5.33. The van der Waals surface area contributed by atoms with E-state index in [1.165, 1.54) is 0 Å². The van der Waals surface area contributed by atoms with Gasteiger partial charge >= 0.3 is 0 Å². The molecule has 2 saturated heterocycles. The molecule has 0 bridgehead atoms. The second-order valence-electron chi connectivity index (χ2n) is 5.86. The quantitative estimate of drug-likeness (QED) is 0.838. The van der Waals surface area contributed by atoms with E-state index < -0.39 is 6.04 Å². The summed E-state index contributed by atoms with van der Waals surface area (Å²) in [6.07, 6.45) is 0.652. The van der Waals surface area contributed by atoms with Crippen molar-refractivity contribution in [2.45, 2.75) is 38.0 Å². The molecule has 2 fully saturated rings. The van der Waals surface area contributed by atoms with Crippen molar-refractivity contribution in [1.29, 1.82) is 0 Å². The van der Waals surface area contributed by atoms with Gasteiger partial charge in [-0.1, -0.05) is 18.2 Å². The first-order chi connectivity index (χ1) is 10.6. The number of methoxy groups -OCH3 is 1. The molecule has 0 spiro atoms. The van der Waals surface area contributed by atoms with E-state index in [4.69, 9.17) is 4.74 Å². The third kappa shape index (κ3) is 2.66. The fraction of sp³-hybridized carbons (Fsp3) is 0.500. The summed E-state index contributed by atoms with van der Waals surface area (Å²) in [6.45, 7) is 2.96. The van der Waals surface area contributed by atoms with Crippen LogP contribution in [0, 0.1) is 0 Å². The molecule has 118 valence electrons. The highest BCUT2D eigenvalue weighted by Gasteiger charge is 2.44. The van der Waals surface area contributed by atoms with Gasteiger partial charge in [0.15, 0.2) is 0 Å². The van der Waals surface area contributed by atoms with Crippen LogP contribution in [0.15, 0.2) is 24.3 Å². The molecule has 2 aliphatic rings. The molecular weight excluding hydrogens is 282 g/mol. The summed E-state index contributed by atoms with van der Waals surface area (Å²) in [6, 6.07) is 7.20. The first kappa shape index (κ1) is 14.8. The summed E-state index contributed by atoms with van der Waals surface area (Å²) in [4.78, 5) is 25.8. The molecule has 3 atom stereocenters. The second kappa shape index (κ2) is 5.96. The van der Waals surface area contributed by atoms with Crippen molar-refractivity contribution in [2.24, 2.45) is 0 Å². The molecule has 0 unspecified atom stereocenters. The maximum atomic E-state index is 12.1. The smallest absolute Gasteiger partial charge is 0.245 e. The zero-order valence-corrected chi connectivity index (χ0v) is 12.8. The maximum Gasteiger partial charge on any atom is 0.245 e. The number of ether oxygens (including phenoxy) is 1. The van der Waals surface area contributed by atoms with Crippen LogP contribution in [0.1, 0.15) is 18.9 Å². The van der Waals surface area contributed by atoms with Gasteiger partial charge in [0.1, 0.15) is 17.8 Å². The molecule has 2 amide bonds.